The maximum Gasteiger partial charge on any atom is 0.417 e. The van der Waals surface area contributed by atoms with Crippen molar-refractivity contribution < 1.29 is 35.6 Å². The molecule has 38 heavy (non-hydrogen) atoms. The van der Waals surface area contributed by atoms with E-state index in [1.165, 1.54) is 29.4 Å². The van der Waals surface area contributed by atoms with Crippen LogP contribution in [-0.2, 0) is 10.9 Å². The molecule has 0 aliphatic carbocycles. The summed E-state index contributed by atoms with van der Waals surface area (Å²) in [4.78, 5) is 31.4. The third kappa shape index (κ3) is 5.87. The summed E-state index contributed by atoms with van der Waals surface area (Å²) in [5, 5.41) is 2.64. The topological polar surface area (TPSA) is 93.1 Å². The van der Waals surface area contributed by atoms with Gasteiger partial charge < -0.3 is 15.0 Å². The van der Waals surface area contributed by atoms with Crippen LogP contribution in [0.1, 0.15) is 51.7 Å². The van der Waals surface area contributed by atoms with Crippen LogP contribution in [0.25, 0.3) is 11.4 Å². The van der Waals surface area contributed by atoms with Gasteiger partial charge >= 0.3 is 6.18 Å². The lowest BCUT2D eigenvalue weighted by atomic mass is 10.0. The zero-order valence-electron chi connectivity index (χ0n) is 23.2. The fourth-order valence-electron chi connectivity index (χ4n) is 4.20. The average molecular weight is 540 g/mol. The number of carbonyl (C=O) groups is 1. The van der Waals surface area contributed by atoms with Gasteiger partial charge in [-0.3, -0.25) is 4.79 Å². The van der Waals surface area contributed by atoms with Gasteiger partial charge in [-0.2, -0.15) is 13.2 Å². The zero-order chi connectivity index (χ0) is 30.1. The normalized spacial score (nSPS) is 21.5. The summed E-state index contributed by atoms with van der Waals surface area (Å²) < 4.78 is 95.6. The van der Waals surface area contributed by atoms with E-state index < -0.39 is 60.6 Å². The van der Waals surface area contributed by atoms with E-state index in [-0.39, 0.29) is 35.9 Å². The third-order valence-electron chi connectivity index (χ3n) is 5.97. The molecule has 1 amide bonds. The molecule has 1 N–H and O–H groups in total. The molecule has 0 spiro atoms. The number of aryl methyl sites for hydroxylation is 1. The van der Waals surface area contributed by atoms with E-state index in [1.807, 2.05) is 0 Å². The molecule has 0 unspecified atom stereocenters. The number of pyridine rings is 2. The van der Waals surface area contributed by atoms with Gasteiger partial charge in [0.05, 0.1) is 34.9 Å². The number of nitrogens with zero attached hydrogens (tertiary/aromatic N) is 5. The van der Waals surface area contributed by atoms with E-state index >= 15 is 0 Å². The van der Waals surface area contributed by atoms with Crippen LogP contribution in [0.4, 0.5) is 27.8 Å². The first-order valence-corrected chi connectivity index (χ1v) is 11.5. The second-order valence-electron chi connectivity index (χ2n) is 8.68. The van der Waals surface area contributed by atoms with Crippen LogP contribution in [0.2, 0.25) is 0 Å². The van der Waals surface area contributed by atoms with Crippen molar-refractivity contribution in [1.82, 2.24) is 24.8 Å². The maximum atomic E-state index is 14.0. The van der Waals surface area contributed by atoms with Crippen LogP contribution >= 0.6 is 0 Å². The summed E-state index contributed by atoms with van der Waals surface area (Å²) in [7, 11) is 0. The largest absolute Gasteiger partial charge is 0.417 e. The molecular formula is C25H25F5N6O2. The second-order valence-corrected chi connectivity index (χ2v) is 8.68. The van der Waals surface area contributed by atoms with E-state index in [0.29, 0.717) is 12.3 Å². The van der Waals surface area contributed by atoms with Crippen molar-refractivity contribution in [2.75, 3.05) is 18.4 Å². The summed E-state index contributed by atoms with van der Waals surface area (Å²) in [6.45, 7) is 0.516. The molecular weight excluding hydrogens is 511 g/mol. The Hall–Kier alpha value is -3.74. The van der Waals surface area contributed by atoms with Gasteiger partial charge in [0.1, 0.15) is 11.5 Å². The molecule has 1 aliphatic rings. The molecule has 0 bridgehead atoms. The molecule has 202 valence electrons. The molecule has 0 radical (unpaired) electrons. The van der Waals surface area contributed by atoms with Gasteiger partial charge in [-0.25, -0.2) is 28.7 Å². The first kappa shape index (κ1) is 23.4. The number of amides is 1. The van der Waals surface area contributed by atoms with Gasteiger partial charge in [-0.05, 0) is 45.0 Å². The van der Waals surface area contributed by atoms with Crippen LogP contribution < -0.4 is 5.32 Å². The second kappa shape index (κ2) is 10.9. The first-order valence-electron chi connectivity index (χ1n) is 13.0. The highest BCUT2D eigenvalue weighted by Crippen LogP contribution is 2.34. The van der Waals surface area contributed by atoms with Crippen LogP contribution in [-0.4, -0.2) is 62.1 Å². The van der Waals surface area contributed by atoms with Crippen LogP contribution in [0.5, 0.6) is 0 Å². The molecule has 3 aromatic rings. The van der Waals surface area contributed by atoms with Gasteiger partial charge in [0, 0.05) is 41.5 Å². The standard InChI is InChI=1S/C25H25F5N6O2/c1-13-5-6-17(22-31-7-4-8-32-22)20(35-13)24(37)36-12-14(2)38-15(3)19(36)11-34-23-18(21(26)27)9-16(10-33-23)25(28,29)30/h4-10,14-15,19,21H,11-12H2,1-3H3,(H,33,34)/t14-,15+,19-/m1/s1/i1D3. The number of aromatic nitrogens is 4. The third-order valence-corrected chi connectivity index (χ3v) is 5.97. The smallest absolute Gasteiger partial charge is 0.372 e. The van der Waals surface area contributed by atoms with Crippen molar-refractivity contribution in [2.24, 2.45) is 0 Å². The summed E-state index contributed by atoms with van der Waals surface area (Å²) >= 11 is 0. The Bertz CT molecular complexity index is 1390. The van der Waals surface area contributed by atoms with Crippen LogP contribution in [0.3, 0.4) is 0 Å². The molecule has 0 aromatic carbocycles. The number of anilines is 1. The maximum absolute atomic E-state index is 14.0. The number of alkyl halides is 5. The molecule has 0 saturated carbocycles. The van der Waals surface area contributed by atoms with E-state index in [9.17, 15) is 26.7 Å². The Balaban J connectivity index is 1.70. The molecule has 4 heterocycles. The molecule has 4 rings (SSSR count). The first-order chi connectivity index (χ1) is 19.2. The highest BCUT2D eigenvalue weighted by Gasteiger charge is 2.38. The SMILES string of the molecule is [2H]C([2H])([2H])c1ccc(-c2ncccn2)c(C(=O)N2C[C@@H](C)O[C@@H](C)[C@H]2CNc2ncc(C(F)(F)F)cc2C(F)F)n1. The number of hydrogen-bond donors (Lipinski definition) is 1. The predicted octanol–water partition coefficient (Wildman–Crippen LogP) is 4.93. The van der Waals surface area contributed by atoms with Crippen molar-refractivity contribution >= 4 is 11.7 Å². The Labute approximate surface area is 219 Å². The van der Waals surface area contributed by atoms with E-state index in [4.69, 9.17) is 8.85 Å². The van der Waals surface area contributed by atoms with Crippen molar-refractivity contribution in [2.45, 2.75) is 51.6 Å². The Kier molecular flexibility index (Phi) is 6.73. The van der Waals surface area contributed by atoms with Gasteiger partial charge in [0.15, 0.2) is 5.82 Å². The lowest BCUT2D eigenvalue weighted by molar-refractivity contribution is -0.137. The highest BCUT2D eigenvalue weighted by molar-refractivity contribution is 5.98. The number of hydrogen-bond acceptors (Lipinski definition) is 7. The average Bonchev–Trinajstić information content (AvgIpc) is 2.90. The monoisotopic (exact) mass is 539 g/mol. The summed E-state index contributed by atoms with van der Waals surface area (Å²) in [5.41, 5.74) is -2.68. The number of halogens is 5. The fraction of sp³-hybridized carbons (Fsp3) is 0.400. The van der Waals surface area contributed by atoms with E-state index in [1.54, 1.807) is 19.9 Å². The van der Waals surface area contributed by atoms with Gasteiger partial charge in [0.25, 0.3) is 12.3 Å². The fourth-order valence-corrected chi connectivity index (χ4v) is 4.20. The number of morpholine rings is 1. The van der Waals surface area contributed by atoms with Crippen molar-refractivity contribution in [3.8, 4) is 11.4 Å². The molecule has 1 saturated heterocycles. The van der Waals surface area contributed by atoms with Gasteiger partial charge in [-0.15, -0.1) is 0 Å². The highest BCUT2D eigenvalue weighted by atomic mass is 19.4. The molecule has 1 aliphatic heterocycles. The lowest BCUT2D eigenvalue weighted by Crippen LogP contribution is -2.58. The van der Waals surface area contributed by atoms with Crippen molar-refractivity contribution in [3.05, 3.63) is 65.4 Å². The minimum atomic E-state index is -4.86. The van der Waals surface area contributed by atoms with Crippen molar-refractivity contribution in [1.29, 1.82) is 0 Å². The minimum Gasteiger partial charge on any atom is -0.372 e. The molecule has 13 heteroatoms. The van der Waals surface area contributed by atoms with Gasteiger partial charge in [0.2, 0.25) is 0 Å². The predicted molar refractivity (Wildman–Crippen MR) is 128 cm³/mol. The quantitative estimate of drug-likeness (QED) is 0.444. The Morgan fingerprint density at radius 1 is 1.24 bits per heavy atom. The summed E-state index contributed by atoms with van der Waals surface area (Å²) in [6.07, 6.45) is -5.93. The Morgan fingerprint density at radius 2 is 1.97 bits per heavy atom. The van der Waals surface area contributed by atoms with Crippen LogP contribution in [0.15, 0.2) is 42.9 Å². The molecule has 3 aromatic heterocycles. The number of carbonyl (C=O) groups excluding carboxylic acids is 1. The molecule has 8 nitrogen and oxygen atoms in total. The zero-order valence-corrected chi connectivity index (χ0v) is 20.2. The molecule has 1 fully saturated rings. The summed E-state index contributed by atoms with van der Waals surface area (Å²) in [5.74, 6) is -1.05. The van der Waals surface area contributed by atoms with E-state index in [0.717, 1.165) is 0 Å². The number of ether oxygens (including phenoxy) is 1. The number of rotatable bonds is 6. The molecule has 3 atom stereocenters. The number of nitrogens with one attached hydrogen (secondary N) is 1. The summed E-state index contributed by atoms with van der Waals surface area (Å²) in [6, 6.07) is 3.68. The van der Waals surface area contributed by atoms with Crippen LogP contribution in [0, 0.1) is 6.85 Å². The van der Waals surface area contributed by atoms with Gasteiger partial charge in [-0.1, -0.05) is 0 Å². The lowest BCUT2D eigenvalue weighted by Gasteiger charge is -2.43. The van der Waals surface area contributed by atoms with E-state index in [2.05, 4.69) is 25.3 Å². The minimum absolute atomic E-state index is 0.0203. The Morgan fingerprint density at radius 3 is 2.63 bits per heavy atom. The van der Waals surface area contributed by atoms with Crippen molar-refractivity contribution in [3.63, 3.8) is 0 Å².